The minimum atomic E-state index is -2.07. The van der Waals surface area contributed by atoms with Crippen molar-refractivity contribution in [3.63, 3.8) is 0 Å². The molecule has 2 N–H and O–H groups in total. The molecule has 0 spiro atoms. The second-order valence-corrected chi connectivity index (χ2v) is 7.53. The molecular weight excluding hydrogens is 367 g/mol. The average Bonchev–Trinajstić information content (AvgIpc) is 2.69. The van der Waals surface area contributed by atoms with Crippen LogP contribution >= 0.6 is 0 Å². The normalized spacial score (nSPS) is 18.1. The maximum atomic E-state index is 15.5. The summed E-state index contributed by atoms with van der Waals surface area (Å²) in [6.07, 6.45) is 0.863. The Morgan fingerprint density at radius 3 is 2.59 bits per heavy atom. The zero-order chi connectivity index (χ0) is 19.1. The lowest BCUT2D eigenvalue weighted by Crippen LogP contribution is -2.41. The number of halogens is 1. The lowest BCUT2D eigenvalue weighted by molar-refractivity contribution is 0.0500. The van der Waals surface area contributed by atoms with E-state index in [2.05, 4.69) is 9.62 Å². The van der Waals surface area contributed by atoms with Crippen LogP contribution in [0.5, 0.6) is 5.75 Å². The molecule has 0 radical (unpaired) electrons. The van der Waals surface area contributed by atoms with Crippen LogP contribution in [0.3, 0.4) is 0 Å². The Hall–Kier alpha value is -1.80. The molecule has 0 saturated carbocycles. The molecule has 3 rings (SSSR count). The molecule has 1 aliphatic heterocycles. The summed E-state index contributed by atoms with van der Waals surface area (Å²) < 4.78 is 43.2. The van der Waals surface area contributed by atoms with E-state index in [1.165, 1.54) is 0 Å². The molecule has 7 heteroatoms. The van der Waals surface area contributed by atoms with E-state index >= 15 is 4.39 Å². The van der Waals surface area contributed by atoms with Crippen molar-refractivity contribution in [3.8, 4) is 5.75 Å². The van der Waals surface area contributed by atoms with Crippen LogP contribution in [-0.4, -0.2) is 39.9 Å². The Morgan fingerprint density at radius 2 is 1.89 bits per heavy atom. The number of piperidine rings is 1. The quantitative estimate of drug-likeness (QED) is 0.677. The van der Waals surface area contributed by atoms with Gasteiger partial charge in [-0.05, 0) is 36.1 Å². The first-order chi connectivity index (χ1) is 13.0. The highest BCUT2D eigenvalue weighted by atomic mass is 32.2. The van der Waals surface area contributed by atoms with Crippen molar-refractivity contribution in [3.05, 3.63) is 65.7 Å². The van der Waals surface area contributed by atoms with E-state index < -0.39 is 16.9 Å². The number of nitrogens with one attached hydrogen (secondary N) is 1. The first-order valence-electron chi connectivity index (χ1n) is 9.08. The van der Waals surface area contributed by atoms with Gasteiger partial charge in [0.2, 0.25) is 11.3 Å². The number of ether oxygens (including phenoxy) is 1. The first-order valence-corrected chi connectivity index (χ1v) is 10.2. The summed E-state index contributed by atoms with van der Waals surface area (Å²) in [5.41, 5.74) is 0.0851. The third kappa shape index (κ3) is 5.84. The van der Waals surface area contributed by atoms with E-state index in [9.17, 15) is 4.21 Å². The molecule has 1 heterocycles. The third-order valence-corrected chi connectivity index (χ3v) is 5.30. The van der Waals surface area contributed by atoms with E-state index in [0.717, 1.165) is 17.9 Å². The molecule has 0 aliphatic carbocycles. The Balaban J connectivity index is 1.50. The molecule has 5 nitrogen and oxygen atoms in total. The fourth-order valence-corrected chi connectivity index (χ4v) is 3.62. The number of para-hydroxylation sites is 1. The van der Waals surface area contributed by atoms with Gasteiger partial charge < -0.3 is 4.74 Å². The Bertz CT molecular complexity index is 752. The SMILES string of the molecule is O=S(O)NCc1cccc(C2(F)CCN(CCOc3ccccc3)CC2)c1. The van der Waals surface area contributed by atoms with Gasteiger partial charge >= 0.3 is 0 Å². The van der Waals surface area contributed by atoms with Crippen molar-refractivity contribution < 1.29 is 17.9 Å². The number of hydrogen-bond donors (Lipinski definition) is 2. The van der Waals surface area contributed by atoms with Gasteiger partial charge in [0.15, 0.2) is 0 Å². The fraction of sp³-hybridized carbons (Fsp3) is 0.400. The zero-order valence-electron chi connectivity index (χ0n) is 15.1. The van der Waals surface area contributed by atoms with Gasteiger partial charge in [-0.15, -0.1) is 0 Å². The van der Waals surface area contributed by atoms with Gasteiger partial charge in [-0.25, -0.2) is 13.3 Å². The van der Waals surface area contributed by atoms with Crippen LogP contribution in [0.2, 0.25) is 0 Å². The molecule has 0 bridgehead atoms. The Labute approximate surface area is 162 Å². The van der Waals surface area contributed by atoms with Gasteiger partial charge in [-0.1, -0.05) is 42.5 Å². The van der Waals surface area contributed by atoms with Crippen molar-refractivity contribution in [2.24, 2.45) is 0 Å². The molecule has 0 aromatic heterocycles. The fourth-order valence-electron chi connectivity index (χ4n) is 3.33. The predicted octanol–water partition coefficient (Wildman–Crippen LogP) is 3.25. The minimum absolute atomic E-state index is 0.232. The van der Waals surface area contributed by atoms with Gasteiger partial charge in [0, 0.05) is 26.2 Å². The second-order valence-electron chi connectivity index (χ2n) is 6.74. The number of benzene rings is 2. The number of likely N-dealkylation sites (tertiary alicyclic amines) is 1. The van der Waals surface area contributed by atoms with Crippen molar-refractivity contribution in [2.75, 3.05) is 26.2 Å². The van der Waals surface area contributed by atoms with Crippen LogP contribution in [0.1, 0.15) is 24.0 Å². The first kappa shape index (κ1) is 19.9. The maximum Gasteiger partial charge on any atom is 0.232 e. The highest BCUT2D eigenvalue weighted by molar-refractivity contribution is 7.77. The summed E-state index contributed by atoms with van der Waals surface area (Å²) in [4.78, 5) is 2.22. The number of alkyl halides is 1. The standard InChI is InChI=1S/C20H25FN2O3S/c21-20(18-6-4-5-17(15-18)16-22-27(24)25)9-11-23(12-10-20)13-14-26-19-7-2-1-3-8-19/h1-8,15,22H,9-14,16H2,(H,24,25). The van der Waals surface area contributed by atoms with Crippen molar-refractivity contribution >= 4 is 11.3 Å². The van der Waals surface area contributed by atoms with E-state index in [1.54, 1.807) is 18.2 Å². The van der Waals surface area contributed by atoms with Crippen LogP contribution in [0, 0.1) is 0 Å². The molecule has 1 fully saturated rings. The third-order valence-electron chi connectivity index (χ3n) is 4.91. The van der Waals surface area contributed by atoms with E-state index in [0.29, 0.717) is 38.1 Å². The number of nitrogens with zero attached hydrogens (tertiary/aromatic N) is 1. The largest absolute Gasteiger partial charge is 0.492 e. The molecule has 1 unspecified atom stereocenters. The summed E-state index contributed by atoms with van der Waals surface area (Å²) in [6, 6.07) is 16.9. The van der Waals surface area contributed by atoms with Crippen molar-refractivity contribution in [2.45, 2.75) is 25.1 Å². The summed E-state index contributed by atoms with van der Waals surface area (Å²) in [5, 5.41) is 0. The van der Waals surface area contributed by atoms with E-state index in [1.807, 2.05) is 36.4 Å². The Kier molecular flexibility index (Phi) is 6.95. The van der Waals surface area contributed by atoms with Crippen LogP contribution < -0.4 is 9.46 Å². The molecular formula is C20H25FN2O3S. The summed E-state index contributed by atoms with van der Waals surface area (Å²) in [7, 11) is 0. The van der Waals surface area contributed by atoms with Crippen LogP contribution in [0.25, 0.3) is 0 Å². The monoisotopic (exact) mass is 392 g/mol. The van der Waals surface area contributed by atoms with Crippen LogP contribution in [-0.2, 0) is 23.5 Å². The summed E-state index contributed by atoms with van der Waals surface area (Å²) in [5.74, 6) is 0.851. The number of hydrogen-bond acceptors (Lipinski definition) is 3. The van der Waals surface area contributed by atoms with Gasteiger partial charge in [0.05, 0.1) is 0 Å². The topological polar surface area (TPSA) is 61.8 Å². The predicted molar refractivity (Wildman–Crippen MR) is 104 cm³/mol. The molecule has 2 aromatic rings. The minimum Gasteiger partial charge on any atom is -0.492 e. The van der Waals surface area contributed by atoms with Gasteiger partial charge in [0.25, 0.3) is 0 Å². The smallest absolute Gasteiger partial charge is 0.232 e. The highest BCUT2D eigenvalue weighted by Gasteiger charge is 2.36. The molecule has 2 aromatic carbocycles. The van der Waals surface area contributed by atoms with E-state index in [4.69, 9.17) is 9.29 Å². The molecule has 1 saturated heterocycles. The van der Waals surface area contributed by atoms with Crippen LogP contribution in [0.4, 0.5) is 4.39 Å². The van der Waals surface area contributed by atoms with Crippen molar-refractivity contribution in [1.82, 2.24) is 9.62 Å². The van der Waals surface area contributed by atoms with Gasteiger partial charge in [-0.3, -0.25) is 9.45 Å². The molecule has 0 amide bonds. The summed E-state index contributed by atoms with van der Waals surface area (Å²) in [6.45, 7) is 2.95. The summed E-state index contributed by atoms with van der Waals surface area (Å²) >= 11 is -2.07. The average molecular weight is 392 g/mol. The lowest BCUT2D eigenvalue weighted by Gasteiger charge is -2.36. The van der Waals surface area contributed by atoms with Gasteiger partial charge in [0.1, 0.15) is 18.0 Å². The second kappa shape index (κ2) is 9.41. The maximum absolute atomic E-state index is 15.5. The zero-order valence-corrected chi connectivity index (χ0v) is 16.0. The van der Waals surface area contributed by atoms with E-state index in [-0.39, 0.29) is 6.54 Å². The lowest BCUT2D eigenvalue weighted by atomic mass is 9.85. The van der Waals surface area contributed by atoms with Crippen molar-refractivity contribution in [1.29, 1.82) is 0 Å². The molecule has 27 heavy (non-hydrogen) atoms. The highest BCUT2D eigenvalue weighted by Crippen LogP contribution is 2.37. The Morgan fingerprint density at radius 1 is 1.15 bits per heavy atom. The molecule has 1 aliphatic rings. The molecule has 1 atom stereocenters. The van der Waals surface area contributed by atoms with Gasteiger partial charge in [-0.2, -0.15) is 0 Å². The van der Waals surface area contributed by atoms with Crippen LogP contribution in [0.15, 0.2) is 54.6 Å². The number of rotatable bonds is 8. The molecule has 146 valence electrons.